The first kappa shape index (κ1) is 23.8. The number of hydrogen-bond acceptors (Lipinski definition) is 5. The van der Waals surface area contributed by atoms with Crippen LogP contribution in [0.25, 0.3) is 0 Å². The molecule has 8 nitrogen and oxygen atoms in total. The molecule has 0 radical (unpaired) electrons. The van der Waals surface area contributed by atoms with Crippen molar-refractivity contribution in [1.82, 2.24) is 10.2 Å². The highest BCUT2D eigenvalue weighted by Crippen LogP contribution is 2.25. The van der Waals surface area contributed by atoms with E-state index in [1.165, 1.54) is 4.90 Å². The molecule has 0 bridgehead atoms. The number of benzene rings is 3. The lowest BCUT2D eigenvalue weighted by Gasteiger charge is -2.22. The molecule has 1 saturated heterocycles. The summed E-state index contributed by atoms with van der Waals surface area (Å²) in [7, 11) is 0. The number of primary amides is 1. The quantitative estimate of drug-likeness (QED) is 0.522. The summed E-state index contributed by atoms with van der Waals surface area (Å²) in [5, 5.41) is 2.61. The van der Waals surface area contributed by atoms with Gasteiger partial charge in [-0.05, 0) is 55.0 Å². The number of rotatable bonds is 8. The number of carbonyl (C=O) groups is 3. The molecule has 8 heteroatoms. The summed E-state index contributed by atoms with van der Waals surface area (Å²) < 4.78 is 11.7. The van der Waals surface area contributed by atoms with Gasteiger partial charge in [-0.1, -0.05) is 36.4 Å². The van der Waals surface area contributed by atoms with Gasteiger partial charge in [0.2, 0.25) is 11.8 Å². The van der Waals surface area contributed by atoms with E-state index < -0.39 is 23.8 Å². The molecule has 1 aliphatic rings. The number of likely N-dealkylation sites (tertiary alicyclic amines) is 1. The van der Waals surface area contributed by atoms with Crippen molar-refractivity contribution in [3.63, 3.8) is 0 Å². The Hall–Kier alpha value is -4.33. The van der Waals surface area contributed by atoms with Gasteiger partial charge < -0.3 is 25.4 Å². The Kier molecular flexibility index (Phi) is 7.30. The van der Waals surface area contributed by atoms with Crippen LogP contribution in [-0.2, 0) is 9.59 Å². The maximum absolute atomic E-state index is 12.8. The highest BCUT2D eigenvalue weighted by atomic mass is 16.5. The Bertz CT molecular complexity index is 1200. The van der Waals surface area contributed by atoms with Gasteiger partial charge >= 0.3 is 0 Å². The van der Waals surface area contributed by atoms with E-state index >= 15 is 0 Å². The van der Waals surface area contributed by atoms with E-state index in [-0.39, 0.29) is 19.2 Å². The van der Waals surface area contributed by atoms with E-state index in [9.17, 15) is 14.4 Å². The second-order valence-electron chi connectivity index (χ2n) is 8.33. The Labute approximate surface area is 203 Å². The number of nitrogens with zero attached hydrogens (tertiary/aromatic N) is 1. The number of hydrogen-bond donors (Lipinski definition) is 2. The molecule has 180 valence electrons. The van der Waals surface area contributed by atoms with Gasteiger partial charge in [0, 0.05) is 12.0 Å². The van der Waals surface area contributed by atoms with Crippen LogP contribution in [0.4, 0.5) is 0 Å². The van der Waals surface area contributed by atoms with Crippen molar-refractivity contribution in [3.05, 3.63) is 90.0 Å². The molecule has 2 unspecified atom stereocenters. The van der Waals surface area contributed by atoms with Crippen molar-refractivity contribution in [3.8, 4) is 17.2 Å². The van der Waals surface area contributed by atoms with Gasteiger partial charge in [-0.15, -0.1) is 0 Å². The molecule has 1 aliphatic heterocycles. The molecule has 0 aliphatic carbocycles. The van der Waals surface area contributed by atoms with Crippen LogP contribution < -0.4 is 20.5 Å². The largest absolute Gasteiger partial charge is 0.488 e. The molecule has 35 heavy (non-hydrogen) atoms. The van der Waals surface area contributed by atoms with E-state index in [0.717, 1.165) is 5.56 Å². The minimum atomic E-state index is -0.789. The zero-order valence-electron chi connectivity index (χ0n) is 19.3. The molecule has 3 aromatic rings. The minimum absolute atomic E-state index is 0.210. The molecule has 0 saturated carbocycles. The van der Waals surface area contributed by atoms with Gasteiger partial charge in [-0.2, -0.15) is 0 Å². The molecule has 1 heterocycles. The zero-order valence-corrected chi connectivity index (χ0v) is 19.3. The first-order chi connectivity index (χ1) is 16.9. The average Bonchev–Trinajstić information content (AvgIpc) is 3.29. The number of nitrogens with one attached hydrogen (secondary N) is 1. The summed E-state index contributed by atoms with van der Waals surface area (Å²) in [5.74, 6) is 0.561. The summed E-state index contributed by atoms with van der Waals surface area (Å²) in [6.45, 7) is 1.87. The smallest absolute Gasteiger partial charge is 0.251 e. The van der Waals surface area contributed by atoms with Crippen molar-refractivity contribution in [1.29, 1.82) is 0 Å². The summed E-state index contributed by atoms with van der Waals surface area (Å²) >= 11 is 0. The highest BCUT2D eigenvalue weighted by molar-refractivity contribution is 5.97. The van der Waals surface area contributed by atoms with Gasteiger partial charge in [0.05, 0.1) is 13.1 Å². The number of carbonyl (C=O) groups excluding carboxylic acids is 3. The molecular weight excluding hydrogens is 446 g/mol. The summed E-state index contributed by atoms with van der Waals surface area (Å²) in [4.78, 5) is 38.8. The fraction of sp³-hybridized carbons (Fsp3) is 0.222. The standard InChI is InChI=1S/C27H27N3O5/c1-18-7-5-6-10-24(18)35-22-15-23(26(28)32)30(17-22)25(31)16-29-27(33)19-11-13-21(14-12-19)34-20-8-3-2-4-9-20/h2-14,22-23H,15-17H2,1H3,(H2,28,32)(H,29,33). The summed E-state index contributed by atoms with van der Waals surface area (Å²) in [5.41, 5.74) is 6.88. The van der Waals surface area contributed by atoms with E-state index in [2.05, 4.69) is 5.32 Å². The lowest BCUT2D eigenvalue weighted by molar-refractivity contribution is -0.136. The van der Waals surface area contributed by atoms with E-state index in [4.69, 9.17) is 15.2 Å². The Morgan fingerprint density at radius 3 is 2.29 bits per heavy atom. The zero-order chi connectivity index (χ0) is 24.8. The van der Waals surface area contributed by atoms with Crippen LogP contribution in [0.15, 0.2) is 78.9 Å². The fourth-order valence-electron chi connectivity index (χ4n) is 3.95. The van der Waals surface area contributed by atoms with Crippen molar-refractivity contribution in [2.75, 3.05) is 13.1 Å². The molecule has 0 aromatic heterocycles. The van der Waals surface area contributed by atoms with Crippen molar-refractivity contribution >= 4 is 17.7 Å². The average molecular weight is 474 g/mol. The van der Waals surface area contributed by atoms with Crippen LogP contribution in [0.3, 0.4) is 0 Å². The van der Waals surface area contributed by atoms with Gasteiger partial charge in [0.25, 0.3) is 5.91 Å². The Balaban J connectivity index is 1.33. The van der Waals surface area contributed by atoms with Crippen LogP contribution in [0.2, 0.25) is 0 Å². The molecule has 2 atom stereocenters. The van der Waals surface area contributed by atoms with Crippen molar-refractivity contribution in [2.24, 2.45) is 5.73 Å². The Morgan fingerprint density at radius 1 is 0.943 bits per heavy atom. The lowest BCUT2D eigenvalue weighted by atomic mass is 10.1. The van der Waals surface area contributed by atoms with Gasteiger partial charge in [0.1, 0.15) is 29.4 Å². The van der Waals surface area contributed by atoms with Gasteiger partial charge in [0.15, 0.2) is 0 Å². The first-order valence-electron chi connectivity index (χ1n) is 11.3. The minimum Gasteiger partial charge on any atom is -0.488 e. The fourth-order valence-corrected chi connectivity index (χ4v) is 3.95. The number of nitrogens with two attached hydrogens (primary N) is 1. The van der Waals surface area contributed by atoms with Crippen LogP contribution in [0, 0.1) is 6.92 Å². The van der Waals surface area contributed by atoms with E-state index in [1.54, 1.807) is 24.3 Å². The maximum atomic E-state index is 12.8. The first-order valence-corrected chi connectivity index (χ1v) is 11.3. The normalized spacial score (nSPS) is 17.0. The maximum Gasteiger partial charge on any atom is 0.251 e. The summed E-state index contributed by atoms with van der Waals surface area (Å²) in [6, 6.07) is 22.6. The summed E-state index contributed by atoms with van der Waals surface area (Å²) in [6.07, 6.45) is -0.0721. The number of aryl methyl sites for hydroxylation is 1. The molecule has 4 rings (SSSR count). The van der Waals surface area contributed by atoms with Crippen molar-refractivity contribution < 1.29 is 23.9 Å². The molecule has 0 spiro atoms. The van der Waals surface area contributed by atoms with Crippen LogP contribution >= 0.6 is 0 Å². The van der Waals surface area contributed by atoms with Gasteiger partial charge in [-0.25, -0.2) is 0 Å². The SMILES string of the molecule is Cc1ccccc1OC1CC(C(N)=O)N(C(=O)CNC(=O)c2ccc(Oc3ccccc3)cc2)C1. The van der Waals surface area contributed by atoms with Crippen LogP contribution in [0.5, 0.6) is 17.2 Å². The number of ether oxygens (including phenoxy) is 2. The number of amides is 3. The third-order valence-corrected chi connectivity index (χ3v) is 5.79. The van der Waals surface area contributed by atoms with Gasteiger partial charge in [-0.3, -0.25) is 14.4 Å². The van der Waals surface area contributed by atoms with Crippen molar-refractivity contribution in [2.45, 2.75) is 25.5 Å². The van der Waals surface area contributed by atoms with E-state index in [0.29, 0.717) is 29.2 Å². The van der Waals surface area contributed by atoms with Crippen LogP contribution in [-0.4, -0.2) is 47.9 Å². The lowest BCUT2D eigenvalue weighted by Crippen LogP contribution is -2.47. The second-order valence-corrected chi connectivity index (χ2v) is 8.33. The van der Waals surface area contributed by atoms with E-state index in [1.807, 2.05) is 61.5 Å². The highest BCUT2D eigenvalue weighted by Gasteiger charge is 2.39. The third-order valence-electron chi connectivity index (χ3n) is 5.79. The molecule has 3 aromatic carbocycles. The predicted octanol–water partition coefficient (Wildman–Crippen LogP) is 3.05. The molecule has 3 N–H and O–H groups in total. The molecular formula is C27H27N3O5. The number of para-hydroxylation sites is 2. The second kappa shape index (κ2) is 10.7. The third kappa shape index (κ3) is 5.97. The monoisotopic (exact) mass is 473 g/mol. The van der Waals surface area contributed by atoms with Crippen LogP contribution in [0.1, 0.15) is 22.3 Å². The predicted molar refractivity (Wildman–Crippen MR) is 130 cm³/mol. The topological polar surface area (TPSA) is 111 Å². The molecule has 1 fully saturated rings. The Morgan fingerprint density at radius 2 is 1.60 bits per heavy atom. The molecule has 3 amide bonds.